The molecule has 0 aliphatic heterocycles. The van der Waals surface area contributed by atoms with Gasteiger partial charge in [0.1, 0.15) is 5.82 Å². The number of hydrogen-bond donors (Lipinski definition) is 1. The van der Waals surface area contributed by atoms with Gasteiger partial charge in [-0.3, -0.25) is 0 Å². The van der Waals surface area contributed by atoms with E-state index >= 15 is 0 Å². The van der Waals surface area contributed by atoms with E-state index in [4.69, 9.17) is 22.3 Å². The van der Waals surface area contributed by atoms with E-state index in [0.29, 0.717) is 0 Å². The number of imidazole rings is 1. The van der Waals surface area contributed by atoms with Crippen molar-refractivity contribution < 1.29 is 0 Å². The van der Waals surface area contributed by atoms with Crippen LogP contribution in [0, 0.1) is 0 Å². The average Bonchev–Trinajstić information content (AvgIpc) is 2.67. The lowest BCUT2D eigenvalue weighted by atomic mass is 10.1. The van der Waals surface area contributed by atoms with Crippen LogP contribution in [0.5, 0.6) is 0 Å². The standard InChI is InChI=1S/C15H22ClN3/c1-3-9-19-14-8-7-12(16)10-13(14)18-15(19)6-4-5-11(2)17/h7-8,10-11H,3-6,9,17H2,1-2H3. The predicted molar refractivity (Wildman–Crippen MR) is 81.6 cm³/mol. The summed E-state index contributed by atoms with van der Waals surface area (Å²) in [7, 11) is 0. The largest absolute Gasteiger partial charge is 0.328 e. The van der Waals surface area contributed by atoms with E-state index in [2.05, 4.69) is 24.5 Å². The van der Waals surface area contributed by atoms with Crippen LogP contribution in [-0.4, -0.2) is 15.6 Å². The zero-order valence-electron chi connectivity index (χ0n) is 11.7. The molecule has 2 rings (SSSR count). The van der Waals surface area contributed by atoms with Gasteiger partial charge in [-0.25, -0.2) is 4.98 Å². The summed E-state index contributed by atoms with van der Waals surface area (Å²) in [5, 5.41) is 0.746. The van der Waals surface area contributed by atoms with Crippen LogP contribution in [0.4, 0.5) is 0 Å². The van der Waals surface area contributed by atoms with Crippen molar-refractivity contribution in [1.29, 1.82) is 0 Å². The molecule has 1 aromatic heterocycles. The van der Waals surface area contributed by atoms with Gasteiger partial charge in [-0.2, -0.15) is 0 Å². The number of nitrogens with zero attached hydrogens (tertiary/aromatic N) is 2. The summed E-state index contributed by atoms with van der Waals surface area (Å²) >= 11 is 6.04. The fourth-order valence-electron chi connectivity index (χ4n) is 2.40. The number of halogens is 1. The Morgan fingerprint density at radius 1 is 1.42 bits per heavy atom. The van der Waals surface area contributed by atoms with Crippen molar-refractivity contribution >= 4 is 22.6 Å². The summed E-state index contributed by atoms with van der Waals surface area (Å²) < 4.78 is 2.31. The Morgan fingerprint density at radius 2 is 2.21 bits per heavy atom. The van der Waals surface area contributed by atoms with Crippen LogP contribution in [0.1, 0.15) is 38.9 Å². The van der Waals surface area contributed by atoms with Gasteiger partial charge in [-0.15, -0.1) is 0 Å². The second-order valence-corrected chi connectivity index (χ2v) is 5.62. The molecule has 0 aliphatic rings. The highest BCUT2D eigenvalue weighted by atomic mass is 35.5. The highest BCUT2D eigenvalue weighted by Gasteiger charge is 2.10. The number of rotatable bonds is 6. The third-order valence-electron chi connectivity index (χ3n) is 3.30. The molecule has 2 aromatic rings. The summed E-state index contributed by atoms with van der Waals surface area (Å²) in [6.45, 7) is 5.24. The van der Waals surface area contributed by atoms with Crippen molar-refractivity contribution in [3.63, 3.8) is 0 Å². The molecular weight excluding hydrogens is 258 g/mol. The molecule has 0 saturated heterocycles. The molecule has 0 amide bonds. The van der Waals surface area contributed by atoms with E-state index in [1.807, 2.05) is 12.1 Å². The summed E-state index contributed by atoms with van der Waals surface area (Å²) in [5.74, 6) is 1.15. The Balaban J connectivity index is 2.27. The van der Waals surface area contributed by atoms with Crippen molar-refractivity contribution in [2.75, 3.05) is 0 Å². The second-order valence-electron chi connectivity index (χ2n) is 5.18. The van der Waals surface area contributed by atoms with Gasteiger partial charge >= 0.3 is 0 Å². The molecule has 0 spiro atoms. The van der Waals surface area contributed by atoms with Crippen molar-refractivity contribution in [3.05, 3.63) is 29.0 Å². The molecule has 4 heteroatoms. The molecule has 0 aliphatic carbocycles. The monoisotopic (exact) mass is 279 g/mol. The van der Waals surface area contributed by atoms with Crippen molar-refractivity contribution in [3.8, 4) is 0 Å². The Labute approximate surface area is 119 Å². The van der Waals surface area contributed by atoms with Gasteiger partial charge < -0.3 is 10.3 Å². The molecule has 2 N–H and O–H groups in total. The van der Waals surface area contributed by atoms with Gasteiger partial charge in [0.05, 0.1) is 11.0 Å². The summed E-state index contributed by atoms with van der Waals surface area (Å²) in [4.78, 5) is 4.73. The van der Waals surface area contributed by atoms with Gasteiger partial charge in [-0.1, -0.05) is 18.5 Å². The summed E-state index contributed by atoms with van der Waals surface area (Å²) in [5.41, 5.74) is 7.98. The number of fused-ring (bicyclic) bond motifs is 1. The Bertz CT molecular complexity index is 546. The van der Waals surface area contributed by atoms with Gasteiger partial charge in [0.25, 0.3) is 0 Å². The number of nitrogens with two attached hydrogens (primary N) is 1. The first-order valence-electron chi connectivity index (χ1n) is 7.02. The van der Waals surface area contributed by atoms with Crippen LogP contribution in [0.15, 0.2) is 18.2 Å². The van der Waals surface area contributed by atoms with Crippen molar-refractivity contribution in [2.45, 2.75) is 52.1 Å². The normalized spacial score (nSPS) is 13.1. The highest BCUT2D eigenvalue weighted by molar-refractivity contribution is 6.31. The molecule has 104 valence electrons. The topological polar surface area (TPSA) is 43.8 Å². The number of hydrogen-bond acceptors (Lipinski definition) is 2. The first-order chi connectivity index (χ1) is 9.11. The van der Waals surface area contributed by atoms with Crippen molar-refractivity contribution in [1.82, 2.24) is 9.55 Å². The quantitative estimate of drug-likeness (QED) is 0.875. The van der Waals surface area contributed by atoms with E-state index in [-0.39, 0.29) is 6.04 Å². The van der Waals surface area contributed by atoms with E-state index < -0.39 is 0 Å². The zero-order chi connectivity index (χ0) is 13.8. The third kappa shape index (κ3) is 3.48. The fraction of sp³-hybridized carbons (Fsp3) is 0.533. The number of aromatic nitrogens is 2. The fourth-order valence-corrected chi connectivity index (χ4v) is 2.57. The van der Waals surface area contributed by atoms with Gasteiger partial charge in [0.2, 0.25) is 0 Å². The first-order valence-corrected chi connectivity index (χ1v) is 7.40. The Morgan fingerprint density at radius 3 is 2.89 bits per heavy atom. The maximum atomic E-state index is 6.04. The Hall–Kier alpha value is -1.06. The molecule has 0 bridgehead atoms. The number of aryl methyl sites for hydroxylation is 2. The molecule has 0 fully saturated rings. The maximum Gasteiger partial charge on any atom is 0.109 e. The number of benzene rings is 1. The van der Waals surface area contributed by atoms with Gasteiger partial charge in [0, 0.05) is 24.0 Å². The third-order valence-corrected chi connectivity index (χ3v) is 3.53. The minimum Gasteiger partial charge on any atom is -0.328 e. The molecule has 0 radical (unpaired) electrons. The van der Waals surface area contributed by atoms with Crippen LogP contribution in [0.3, 0.4) is 0 Å². The van der Waals surface area contributed by atoms with Crippen LogP contribution in [0.25, 0.3) is 11.0 Å². The summed E-state index contributed by atoms with van der Waals surface area (Å²) in [6, 6.07) is 6.20. The van der Waals surface area contributed by atoms with Gasteiger partial charge in [-0.05, 0) is 44.4 Å². The maximum absolute atomic E-state index is 6.04. The second kappa shape index (κ2) is 6.40. The van der Waals surface area contributed by atoms with Crippen LogP contribution in [-0.2, 0) is 13.0 Å². The van der Waals surface area contributed by atoms with Crippen molar-refractivity contribution in [2.24, 2.45) is 5.73 Å². The van der Waals surface area contributed by atoms with Crippen LogP contribution >= 0.6 is 11.6 Å². The molecule has 19 heavy (non-hydrogen) atoms. The van der Waals surface area contributed by atoms with Crippen LogP contribution in [0.2, 0.25) is 5.02 Å². The van der Waals surface area contributed by atoms with Crippen LogP contribution < -0.4 is 5.73 Å². The minimum atomic E-state index is 0.262. The lowest BCUT2D eigenvalue weighted by Gasteiger charge is -2.08. The minimum absolute atomic E-state index is 0.262. The van der Waals surface area contributed by atoms with E-state index in [9.17, 15) is 0 Å². The van der Waals surface area contributed by atoms with E-state index in [1.165, 1.54) is 5.52 Å². The summed E-state index contributed by atoms with van der Waals surface area (Å²) in [6.07, 6.45) is 4.21. The SMILES string of the molecule is CCCn1c(CCCC(C)N)nc2cc(Cl)ccc21. The molecule has 1 aromatic carbocycles. The molecular formula is C15H22ClN3. The average molecular weight is 280 g/mol. The first kappa shape index (κ1) is 14.4. The lowest BCUT2D eigenvalue weighted by molar-refractivity contribution is 0.587. The molecule has 1 atom stereocenters. The zero-order valence-corrected chi connectivity index (χ0v) is 12.5. The van der Waals surface area contributed by atoms with E-state index in [1.54, 1.807) is 0 Å². The lowest BCUT2D eigenvalue weighted by Crippen LogP contribution is -2.15. The molecule has 1 unspecified atom stereocenters. The highest BCUT2D eigenvalue weighted by Crippen LogP contribution is 2.22. The predicted octanol–water partition coefficient (Wildman–Crippen LogP) is 3.77. The van der Waals surface area contributed by atoms with E-state index in [0.717, 1.165) is 48.6 Å². The molecule has 0 saturated carbocycles. The molecule has 1 heterocycles. The van der Waals surface area contributed by atoms with Gasteiger partial charge in [0.15, 0.2) is 0 Å². The smallest absolute Gasteiger partial charge is 0.109 e. The Kier molecular flexibility index (Phi) is 4.83. The molecule has 3 nitrogen and oxygen atoms in total.